The topological polar surface area (TPSA) is 138 Å². The molecular weight excluding hydrogens is 271 g/mol. The van der Waals surface area contributed by atoms with Gasteiger partial charge < -0.3 is 19.8 Å². The Labute approximate surface area is 105 Å². The summed E-state index contributed by atoms with van der Waals surface area (Å²) >= 11 is 0. The number of hydrogen-bond donors (Lipinski definition) is 0. The molecule has 7 nitrogen and oxygen atoms in total. The zero-order valence-corrected chi connectivity index (χ0v) is 12.1. The number of carbonyl (C=O) groups excluding carboxylic acids is 4. The monoisotopic (exact) mass is 279 g/mol. The summed E-state index contributed by atoms with van der Waals surface area (Å²) in [5.41, 5.74) is 0. The van der Waals surface area contributed by atoms with Crippen molar-refractivity contribution in [1.82, 2.24) is 0 Å². The van der Waals surface area contributed by atoms with E-state index in [2.05, 4.69) is 0 Å². The number of ketones is 2. The average molecular weight is 281 g/mol. The first kappa shape index (κ1) is 23.9. The summed E-state index contributed by atoms with van der Waals surface area (Å²) in [5, 5.41) is 25.8. The summed E-state index contributed by atoms with van der Waals surface area (Å²) < 4.78 is 0. The molecule has 0 aromatic rings. The van der Waals surface area contributed by atoms with Crippen LogP contribution in [0.15, 0.2) is 0 Å². The van der Waals surface area contributed by atoms with E-state index >= 15 is 0 Å². The fourth-order valence-corrected chi connectivity index (χ4v) is 0. The van der Waals surface area contributed by atoms with Gasteiger partial charge in [0.2, 0.25) is 0 Å². The van der Waals surface area contributed by atoms with E-state index in [1.807, 2.05) is 0 Å². The van der Waals surface area contributed by atoms with Gasteiger partial charge in [-0.3, -0.25) is 9.59 Å². The van der Waals surface area contributed by atoms with Gasteiger partial charge in [0.05, 0.1) is 6.07 Å². The minimum atomic E-state index is -1.63. The molecule has 84 valence electrons. The molecule has 0 aliphatic rings. The van der Waals surface area contributed by atoms with E-state index in [1.54, 1.807) is 6.07 Å². The molecule has 0 atom stereocenters. The third-order valence-electron chi connectivity index (χ3n) is 0.575. The Morgan fingerprint density at radius 1 is 0.938 bits per heavy atom. The number of Topliss-reactive ketones (excluding diaryl/α,β-unsaturated/α-hetero) is 2. The van der Waals surface area contributed by atoms with Crippen molar-refractivity contribution in [2.75, 3.05) is 0 Å². The summed E-state index contributed by atoms with van der Waals surface area (Å²) in [7, 11) is 0. The molecule has 0 N–H and O–H groups in total. The van der Waals surface area contributed by atoms with Gasteiger partial charge in [-0.2, -0.15) is 5.26 Å². The van der Waals surface area contributed by atoms with Crippen LogP contribution < -0.4 is 10.2 Å². The van der Waals surface area contributed by atoms with Crippen LogP contribution in [0.2, 0.25) is 0 Å². The zero-order chi connectivity index (χ0) is 13.0. The van der Waals surface area contributed by atoms with E-state index < -0.39 is 23.5 Å². The number of nitrogens with zero attached hydrogens (tertiary/aromatic N) is 1. The second-order valence-electron chi connectivity index (χ2n) is 1.91. The third-order valence-corrected chi connectivity index (χ3v) is 0.575. The molecule has 0 unspecified atom stereocenters. The molecule has 0 saturated heterocycles. The number of carbonyl (C=O) groups is 4. The van der Waals surface area contributed by atoms with E-state index in [4.69, 9.17) is 5.26 Å². The predicted octanol–water partition coefficient (Wildman–Crippen LogP) is -2.82. The minimum absolute atomic E-state index is 0. The van der Waals surface area contributed by atoms with Crippen molar-refractivity contribution in [3.8, 4) is 6.07 Å². The van der Waals surface area contributed by atoms with E-state index in [0.29, 0.717) is 0 Å². The van der Waals surface area contributed by atoms with E-state index in [9.17, 15) is 29.4 Å². The van der Waals surface area contributed by atoms with Gasteiger partial charge >= 0.3 is 19.5 Å². The van der Waals surface area contributed by atoms with Crippen LogP contribution in [0, 0.1) is 11.3 Å². The predicted molar refractivity (Wildman–Crippen MR) is 42.7 cm³/mol. The number of hydrogen-bond acceptors (Lipinski definition) is 7. The van der Waals surface area contributed by atoms with Gasteiger partial charge in [-0.1, -0.05) is 0 Å². The molecule has 0 aromatic carbocycles. The van der Waals surface area contributed by atoms with Crippen molar-refractivity contribution >= 4 is 23.5 Å². The van der Waals surface area contributed by atoms with Gasteiger partial charge in [-0.25, -0.2) is 0 Å². The van der Waals surface area contributed by atoms with E-state index in [1.165, 1.54) is 6.92 Å². The molecule has 0 fully saturated rings. The van der Waals surface area contributed by atoms with Crippen LogP contribution >= 0.6 is 0 Å². The van der Waals surface area contributed by atoms with Gasteiger partial charge in [0.15, 0.2) is 11.6 Å². The van der Waals surface area contributed by atoms with Gasteiger partial charge in [0.25, 0.3) is 0 Å². The third kappa shape index (κ3) is 39.4. The smallest absolute Gasteiger partial charge is 0.542 e. The first-order chi connectivity index (χ1) is 6.70. The minimum Gasteiger partial charge on any atom is -0.542 e. The van der Waals surface area contributed by atoms with Gasteiger partial charge in [0, 0.05) is 20.8 Å². The van der Waals surface area contributed by atoms with Crippen LogP contribution in [0.3, 0.4) is 0 Å². The fraction of sp³-hybridized carbons (Fsp3) is 0.375. The summed E-state index contributed by atoms with van der Waals surface area (Å²) in [6.45, 7) is 3.31. The Morgan fingerprint density at radius 2 is 1.00 bits per heavy atom. The Kier molecular flexibility index (Phi) is 23.7. The molecule has 16 heavy (non-hydrogen) atoms. The number of carboxylic acids is 2. The maximum atomic E-state index is 9.48. The molecule has 0 amide bonds. The van der Waals surface area contributed by atoms with Crippen molar-refractivity contribution in [2.24, 2.45) is 0 Å². The molecule has 0 aromatic heterocycles. The Morgan fingerprint density at radius 3 is 1.00 bits per heavy atom. The summed E-state index contributed by atoms with van der Waals surface area (Å²) in [6.07, 6.45) is 0. The number of carboxylic acid groups (broad SMARTS) is 2. The van der Waals surface area contributed by atoms with Crippen LogP contribution in [-0.2, 0) is 38.7 Å². The second kappa shape index (κ2) is 15.8. The zero-order valence-electron chi connectivity index (χ0n) is 9.10. The standard InChI is InChI=1S/2C3H4O3.C2H3N.Zn/c2*1-2(4)3(5)6;1-2-3;/h2*1H3,(H,5,6);1H3;/q;;;+2/p-2. The molecule has 0 bridgehead atoms. The van der Waals surface area contributed by atoms with Crippen LogP contribution in [0.25, 0.3) is 0 Å². The molecular formula is C8H9NO6Zn. The Balaban J connectivity index is -0.0000000692. The maximum absolute atomic E-state index is 9.48. The van der Waals surface area contributed by atoms with Gasteiger partial charge in [-0.05, 0) is 0 Å². The largest absolute Gasteiger partial charge is 2.00 e. The number of rotatable bonds is 2. The van der Waals surface area contributed by atoms with E-state index in [-0.39, 0.29) is 19.5 Å². The van der Waals surface area contributed by atoms with Crippen LogP contribution in [0.4, 0.5) is 0 Å². The van der Waals surface area contributed by atoms with Gasteiger partial charge in [0.1, 0.15) is 11.9 Å². The Hall–Kier alpha value is -1.61. The number of aliphatic carboxylic acids is 2. The average Bonchev–Trinajstić information content (AvgIpc) is 2.06. The molecule has 0 aliphatic carbocycles. The van der Waals surface area contributed by atoms with Crippen LogP contribution in [-0.4, -0.2) is 23.5 Å². The van der Waals surface area contributed by atoms with Crippen molar-refractivity contribution in [2.45, 2.75) is 20.8 Å². The molecule has 0 aliphatic heterocycles. The van der Waals surface area contributed by atoms with Crippen molar-refractivity contribution in [3.63, 3.8) is 0 Å². The first-order valence-electron chi connectivity index (χ1n) is 3.45. The maximum Gasteiger partial charge on any atom is 2.00 e. The normalized spacial score (nSPS) is 6.12. The summed E-state index contributed by atoms with van der Waals surface area (Å²) in [6, 6.07) is 1.75. The second-order valence-corrected chi connectivity index (χ2v) is 1.91. The fourth-order valence-electron chi connectivity index (χ4n) is 0. The molecule has 8 heteroatoms. The summed E-state index contributed by atoms with van der Waals surface area (Å²) in [4.78, 5) is 37.4. The summed E-state index contributed by atoms with van der Waals surface area (Å²) in [5.74, 6) is -5.13. The SMILES string of the molecule is CC#N.CC(=O)C(=O)[O-].CC(=O)C(=O)[O-].[Zn+2]. The number of nitriles is 1. The van der Waals surface area contributed by atoms with Crippen molar-refractivity contribution < 1.29 is 48.9 Å². The van der Waals surface area contributed by atoms with Crippen LogP contribution in [0.5, 0.6) is 0 Å². The molecule has 0 saturated carbocycles. The molecule has 0 radical (unpaired) electrons. The van der Waals surface area contributed by atoms with Gasteiger partial charge in [-0.15, -0.1) is 0 Å². The molecule has 0 rings (SSSR count). The van der Waals surface area contributed by atoms with Crippen molar-refractivity contribution in [3.05, 3.63) is 0 Å². The molecule has 0 spiro atoms. The van der Waals surface area contributed by atoms with Crippen LogP contribution in [0.1, 0.15) is 20.8 Å². The van der Waals surface area contributed by atoms with E-state index in [0.717, 1.165) is 13.8 Å². The molecule has 0 heterocycles. The first-order valence-corrected chi connectivity index (χ1v) is 3.45. The Bertz CT molecular complexity index is 245. The quantitative estimate of drug-likeness (QED) is 0.392. The van der Waals surface area contributed by atoms with Crippen molar-refractivity contribution in [1.29, 1.82) is 5.26 Å².